The maximum Gasteiger partial charge on any atom is 0.256 e. The molecule has 0 fully saturated rings. The summed E-state index contributed by atoms with van der Waals surface area (Å²) < 4.78 is 5.02. The van der Waals surface area contributed by atoms with Gasteiger partial charge in [0, 0.05) is 11.8 Å². The molecule has 0 aliphatic rings. The van der Waals surface area contributed by atoms with Crippen LogP contribution in [0.5, 0.6) is 5.75 Å². The Labute approximate surface area is 104 Å². The summed E-state index contributed by atoms with van der Waals surface area (Å²) >= 11 is 0. The summed E-state index contributed by atoms with van der Waals surface area (Å²) in [5.41, 5.74) is 6.58. The van der Waals surface area contributed by atoms with Crippen molar-refractivity contribution in [1.29, 1.82) is 0 Å². The molecule has 6 nitrogen and oxygen atoms in total. The summed E-state index contributed by atoms with van der Waals surface area (Å²) in [5.74, 6) is 0.682. The minimum absolute atomic E-state index is 0.289. The van der Waals surface area contributed by atoms with E-state index in [2.05, 4.69) is 15.3 Å². The van der Waals surface area contributed by atoms with Gasteiger partial charge >= 0.3 is 0 Å². The normalized spacial score (nSPS) is 9.83. The average Bonchev–Trinajstić information content (AvgIpc) is 2.39. The molecule has 0 atom stereocenters. The van der Waals surface area contributed by atoms with Crippen molar-refractivity contribution in [3.63, 3.8) is 0 Å². The first kappa shape index (κ1) is 11.8. The van der Waals surface area contributed by atoms with E-state index in [9.17, 15) is 4.79 Å². The lowest BCUT2D eigenvalue weighted by atomic mass is 10.2. The number of methoxy groups -OCH3 is 1. The number of rotatable bonds is 3. The van der Waals surface area contributed by atoms with Crippen LogP contribution in [0.25, 0.3) is 0 Å². The maximum absolute atomic E-state index is 11.9. The molecule has 3 N–H and O–H groups in total. The highest BCUT2D eigenvalue weighted by atomic mass is 16.5. The first-order valence-corrected chi connectivity index (χ1v) is 5.21. The largest absolute Gasteiger partial charge is 0.495 e. The molecule has 1 amide bonds. The van der Waals surface area contributed by atoms with Crippen LogP contribution in [0.3, 0.4) is 0 Å². The molecule has 0 spiro atoms. The van der Waals surface area contributed by atoms with Gasteiger partial charge in [0.2, 0.25) is 0 Å². The van der Waals surface area contributed by atoms with Crippen molar-refractivity contribution >= 4 is 17.4 Å². The highest BCUT2D eigenvalue weighted by Crippen LogP contribution is 2.22. The van der Waals surface area contributed by atoms with Gasteiger partial charge in [-0.1, -0.05) is 0 Å². The molecule has 0 saturated carbocycles. The van der Waals surface area contributed by atoms with Crippen LogP contribution >= 0.6 is 0 Å². The molecule has 1 aromatic heterocycles. The van der Waals surface area contributed by atoms with Gasteiger partial charge in [0.25, 0.3) is 5.91 Å². The zero-order valence-corrected chi connectivity index (χ0v) is 9.75. The number of amides is 1. The summed E-state index contributed by atoms with van der Waals surface area (Å²) in [6.07, 6.45) is 2.91. The number of carbonyl (C=O) groups excluding carboxylic acids is 1. The van der Waals surface area contributed by atoms with Crippen LogP contribution in [0, 0.1) is 0 Å². The van der Waals surface area contributed by atoms with Gasteiger partial charge in [-0.2, -0.15) is 0 Å². The topological polar surface area (TPSA) is 90.1 Å². The highest BCUT2D eigenvalue weighted by Gasteiger charge is 2.09. The number of hydrogen-bond donors (Lipinski definition) is 2. The Bertz CT molecular complexity index is 557. The maximum atomic E-state index is 11.9. The fourth-order valence-electron chi connectivity index (χ4n) is 1.43. The lowest BCUT2D eigenvalue weighted by Gasteiger charge is -2.07. The highest BCUT2D eigenvalue weighted by molar-refractivity contribution is 6.04. The van der Waals surface area contributed by atoms with Gasteiger partial charge in [-0.3, -0.25) is 4.79 Å². The van der Waals surface area contributed by atoms with Crippen molar-refractivity contribution in [1.82, 2.24) is 9.97 Å². The van der Waals surface area contributed by atoms with Gasteiger partial charge in [0.15, 0.2) is 0 Å². The minimum atomic E-state index is -0.289. The van der Waals surface area contributed by atoms with Gasteiger partial charge in [0.05, 0.1) is 12.8 Å². The zero-order chi connectivity index (χ0) is 13.0. The van der Waals surface area contributed by atoms with Crippen molar-refractivity contribution in [3.8, 4) is 5.75 Å². The van der Waals surface area contributed by atoms with Crippen LogP contribution in [-0.2, 0) is 0 Å². The summed E-state index contributed by atoms with van der Waals surface area (Å²) in [5, 5.41) is 2.64. The fourth-order valence-corrected chi connectivity index (χ4v) is 1.43. The van der Waals surface area contributed by atoms with Gasteiger partial charge in [-0.15, -0.1) is 0 Å². The van der Waals surface area contributed by atoms with Crippen molar-refractivity contribution in [2.24, 2.45) is 0 Å². The number of benzene rings is 1. The smallest absolute Gasteiger partial charge is 0.256 e. The fraction of sp³-hybridized carbons (Fsp3) is 0.0833. The van der Waals surface area contributed by atoms with E-state index in [0.717, 1.165) is 0 Å². The third-order valence-electron chi connectivity index (χ3n) is 2.32. The zero-order valence-electron chi connectivity index (χ0n) is 9.75. The van der Waals surface area contributed by atoms with Crippen LogP contribution in [0.2, 0.25) is 0 Å². The number of nitrogens with zero attached hydrogens (tertiary/aromatic N) is 2. The van der Waals surface area contributed by atoms with Gasteiger partial charge < -0.3 is 15.8 Å². The Hall–Kier alpha value is -2.63. The molecule has 92 valence electrons. The van der Waals surface area contributed by atoms with E-state index in [0.29, 0.717) is 22.8 Å². The van der Waals surface area contributed by atoms with Gasteiger partial charge in [0.1, 0.15) is 17.9 Å². The van der Waals surface area contributed by atoms with Crippen LogP contribution in [-0.4, -0.2) is 23.0 Å². The third kappa shape index (κ3) is 2.54. The van der Waals surface area contributed by atoms with E-state index in [1.165, 1.54) is 13.4 Å². The molecule has 6 heteroatoms. The molecule has 0 aliphatic heterocycles. The first-order chi connectivity index (χ1) is 8.70. The van der Waals surface area contributed by atoms with Crippen molar-refractivity contribution in [3.05, 3.63) is 42.4 Å². The van der Waals surface area contributed by atoms with E-state index in [4.69, 9.17) is 10.5 Å². The summed E-state index contributed by atoms with van der Waals surface area (Å²) in [6.45, 7) is 0. The molecule has 18 heavy (non-hydrogen) atoms. The van der Waals surface area contributed by atoms with Gasteiger partial charge in [-0.25, -0.2) is 9.97 Å². The monoisotopic (exact) mass is 244 g/mol. The molecule has 0 bridgehead atoms. The molecule has 2 rings (SSSR count). The molecule has 0 radical (unpaired) electrons. The predicted molar refractivity (Wildman–Crippen MR) is 67.4 cm³/mol. The van der Waals surface area contributed by atoms with Crippen LogP contribution in [0.4, 0.5) is 11.5 Å². The third-order valence-corrected chi connectivity index (χ3v) is 2.32. The second kappa shape index (κ2) is 5.13. The second-order valence-corrected chi connectivity index (χ2v) is 3.51. The van der Waals surface area contributed by atoms with Crippen LogP contribution in [0.15, 0.2) is 36.8 Å². The Balaban J connectivity index is 2.17. The molecular weight excluding hydrogens is 232 g/mol. The Morgan fingerprint density at radius 1 is 1.39 bits per heavy atom. The lowest BCUT2D eigenvalue weighted by Crippen LogP contribution is -2.13. The van der Waals surface area contributed by atoms with E-state index in [-0.39, 0.29) is 5.91 Å². The molecule has 2 aromatic rings. The number of nitrogens with one attached hydrogen (secondary N) is 1. The SMILES string of the molecule is COc1ccc(C(=O)Nc2ccncn2)cc1N. The molecular formula is C12H12N4O2. The van der Waals surface area contributed by atoms with Crippen LogP contribution in [0.1, 0.15) is 10.4 Å². The quantitative estimate of drug-likeness (QED) is 0.795. The van der Waals surface area contributed by atoms with Gasteiger partial charge in [-0.05, 0) is 24.3 Å². The van der Waals surface area contributed by atoms with E-state index in [1.807, 2.05) is 0 Å². The standard InChI is InChI=1S/C12H12N4O2/c1-18-10-3-2-8(6-9(10)13)12(17)16-11-4-5-14-7-15-11/h2-7H,13H2,1H3,(H,14,15,16,17). The Morgan fingerprint density at radius 2 is 2.22 bits per heavy atom. The van der Waals surface area contributed by atoms with Crippen LogP contribution < -0.4 is 15.8 Å². The molecule has 0 saturated heterocycles. The second-order valence-electron chi connectivity index (χ2n) is 3.51. The lowest BCUT2D eigenvalue weighted by molar-refractivity contribution is 0.102. The molecule has 1 heterocycles. The van der Waals surface area contributed by atoms with E-state index >= 15 is 0 Å². The van der Waals surface area contributed by atoms with Crippen molar-refractivity contribution in [2.75, 3.05) is 18.2 Å². The minimum Gasteiger partial charge on any atom is -0.495 e. The number of carbonyl (C=O) groups is 1. The predicted octanol–water partition coefficient (Wildman–Crippen LogP) is 1.32. The van der Waals surface area contributed by atoms with E-state index in [1.54, 1.807) is 30.5 Å². The Kier molecular flexibility index (Phi) is 3.38. The number of anilines is 2. The molecule has 0 unspecified atom stereocenters. The number of hydrogen-bond acceptors (Lipinski definition) is 5. The van der Waals surface area contributed by atoms with Crippen molar-refractivity contribution < 1.29 is 9.53 Å². The molecule has 0 aliphatic carbocycles. The average molecular weight is 244 g/mol. The Morgan fingerprint density at radius 3 is 2.83 bits per heavy atom. The number of nitrogen functional groups attached to an aromatic ring is 1. The summed E-state index contributed by atoms with van der Waals surface area (Å²) in [7, 11) is 1.52. The van der Waals surface area contributed by atoms with Crippen molar-refractivity contribution in [2.45, 2.75) is 0 Å². The molecule has 1 aromatic carbocycles. The number of aromatic nitrogens is 2. The van der Waals surface area contributed by atoms with E-state index < -0.39 is 0 Å². The summed E-state index contributed by atoms with van der Waals surface area (Å²) in [4.78, 5) is 19.6. The number of nitrogens with two attached hydrogens (primary N) is 1. The number of ether oxygens (including phenoxy) is 1. The first-order valence-electron chi connectivity index (χ1n) is 5.21. The summed E-state index contributed by atoms with van der Waals surface area (Å²) in [6, 6.07) is 6.43.